The van der Waals surface area contributed by atoms with Crippen molar-refractivity contribution in [1.82, 2.24) is 19.5 Å². The number of nitrogens with zero attached hydrogens (tertiary/aromatic N) is 4. The first-order chi connectivity index (χ1) is 27.3. The average Bonchev–Trinajstić information content (AvgIpc) is 3.61. The van der Waals surface area contributed by atoms with Crippen LogP contribution < -0.4 is 0 Å². The van der Waals surface area contributed by atoms with Crippen LogP contribution in [0.15, 0.2) is 194 Å². The third-order valence-electron chi connectivity index (χ3n) is 10.8. The maximum absolute atomic E-state index is 5.01. The van der Waals surface area contributed by atoms with Gasteiger partial charge < -0.3 is 4.57 Å². The Morgan fingerprint density at radius 3 is 1.09 bits per heavy atom. The zero-order valence-corrected chi connectivity index (χ0v) is 29.8. The van der Waals surface area contributed by atoms with E-state index >= 15 is 0 Å². The van der Waals surface area contributed by atoms with Crippen LogP contribution in [0.25, 0.3) is 105 Å². The van der Waals surface area contributed by atoms with Gasteiger partial charge in [0, 0.05) is 33.0 Å². The van der Waals surface area contributed by atoms with Gasteiger partial charge in [-0.15, -0.1) is 0 Å². The molecule has 11 aromatic rings. The molecule has 4 heteroatoms. The van der Waals surface area contributed by atoms with E-state index in [-0.39, 0.29) is 0 Å². The highest BCUT2D eigenvalue weighted by molar-refractivity contribution is 6.26. The van der Waals surface area contributed by atoms with Gasteiger partial charge in [0.05, 0.1) is 16.7 Å². The van der Waals surface area contributed by atoms with Gasteiger partial charge in [-0.1, -0.05) is 170 Å². The van der Waals surface area contributed by atoms with Gasteiger partial charge in [0.2, 0.25) is 0 Å². The summed E-state index contributed by atoms with van der Waals surface area (Å²) in [7, 11) is 0. The summed E-state index contributed by atoms with van der Waals surface area (Å²) in [5.41, 5.74) is 8.58. The first-order valence-electron chi connectivity index (χ1n) is 18.6. The first kappa shape index (κ1) is 31.1. The molecule has 0 spiro atoms. The van der Waals surface area contributed by atoms with Gasteiger partial charge in [0.1, 0.15) is 0 Å². The van der Waals surface area contributed by atoms with E-state index in [9.17, 15) is 0 Å². The number of hydrogen-bond donors (Lipinski definition) is 0. The Bertz CT molecular complexity index is 3130. The molecule has 0 aliphatic heterocycles. The molecular weight excluding hydrogens is 669 g/mol. The number of fused-ring (bicyclic) bond motifs is 9. The lowest BCUT2D eigenvalue weighted by Crippen LogP contribution is -2.00. The van der Waals surface area contributed by atoms with Crippen molar-refractivity contribution in [2.75, 3.05) is 0 Å². The molecule has 55 heavy (non-hydrogen) atoms. The molecule has 256 valence electrons. The van der Waals surface area contributed by atoms with Crippen molar-refractivity contribution >= 4 is 54.1 Å². The van der Waals surface area contributed by atoms with Gasteiger partial charge in [0.25, 0.3) is 0 Å². The van der Waals surface area contributed by atoms with Crippen LogP contribution >= 0.6 is 0 Å². The molecule has 0 fully saturated rings. The van der Waals surface area contributed by atoms with E-state index in [4.69, 9.17) is 15.0 Å². The highest BCUT2D eigenvalue weighted by Crippen LogP contribution is 2.43. The number of benzene rings is 9. The SMILES string of the molecule is c1ccc(-c2nc(-c3ccccc3)nc(-c3ccc(-c4cc5c6ccccc6c6ccccc6c5cc4-n4c5ccccc5c5ccccc54)cc3)n2)cc1. The summed E-state index contributed by atoms with van der Waals surface area (Å²) in [6, 6.07) is 68.8. The molecule has 0 bridgehead atoms. The molecule has 0 saturated heterocycles. The fourth-order valence-corrected chi connectivity index (χ4v) is 8.27. The third kappa shape index (κ3) is 5.11. The summed E-state index contributed by atoms with van der Waals surface area (Å²) in [5, 5.41) is 9.96. The van der Waals surface area contributed by atoms with Crippen molar-refractivity contribution in [3.63, 3.8) is 0 Å². The monoisotopic (exact) mass is 700 g/mol. The molecule has 0 aliphatic rings. The summed E-state index contributed by atoms with van der Waals surface area (Å²) < 4.78 is 2.45. The zero-order valence-electron chi connectivity index (χ0n) is 29.8. The van der Waals surface area contributed by atoms with Crippen LogP contribution in [0.2, 0.25) is 0 Å². The molecule has 11 rings (SSSR count). The van der Waals surface area contributed by atoms with Gasteiger partial charge in [0.15, 0.2) is 17.5 Å². The van der Waals surface area contributed by atoms with E-state index in [2.05, 4.69) is 138 Å². The Morgan fingerprint density at radius 2 is 0.618 bits per heavy atom. The average molecular weight is 701 g/mol. The Hall–Kier alpha value is -7.43. The lowest BCUT2D eigenvalue weighted by atomic mass is 9.90. The van der Waals surface area contributed by atoms with Gasteiger partial charge >= 0.3 is 0 Å². The molecule has 0 N–H and O–H groups in total. The van der Waals surface area contributed by atoms with Crippen molar-refractivity contribution < 1.29 is 0 Å². The minimum atomic E-state index is 0.637. The molecule has 9 aromatic carbocycles. The maximum atomic E-state index is 5.01. The van der Waals surface area contributed by atoms with Crippen molar-refractivity contribution in [3.8, 4) is 51.0 Å². The van der Waals surface area contributed by atoms with E-state index in [1.165, 1.54) is 54.1 Å². The summed E-state index contributed by atoms with van der Waals surface area (Å²) in [4.78, 5) is 14.9. The number of rotatable bonds is 5. The predicted molar refractivity (Wildman–Crippen MR) is 228 cm³/mol. The second-order valence-corrected chi connectivity index (χ2v) is 14.0. The minimum Gasteiger partial charge on any atom is -0.309 e. The van der Waals surface area contributed by atoms with Crippen LogP contribution in [0, 0.1) is 0 Å². The lowest BCUT2D eigenvalue weighted by Gasteiger charge is -2.18. The second kappa shape index (κ2) is 12.6. The molecule has 2 heterocycles. The van der Waals surface area contributed by atoms with Crippen LogP contribution in [0.3, 0.4) is 0 Å². The summed E-state index contributed by atoms with van der Waals surface area (Å²) in [6.07, 6.45) is 0. The van der Waals surface area contributed by atoms with Crippen molar-refractivity contribution in [2.45, 2.75) is 0 Å². The molecular formula is C51H32N4. The van der Waals surface area contributed by atoms with Crippen LogP contribution in [0.5, 0.6) is 0 Å². The molecule has 0 saturated carbocycles. The van der Waals surface area contributed by atoms with Gasteiger partial charge in [-0.3, -0.25) is 0 Å². The van der Waals surface area contributed by atoms with Crippen LogP contribution in [-0.4, -0.2) is 19.5 Å². The quantitative estimate of drug-likeness (QED) is 0.168. The third-order valence-corrected chi connectivity index (χ3v) is 10.8. The predicted octanol–water partition coefficient (Wildman–Crippen LogP) is 13.1. The Kier molecular flexibility index (Phi) is 7.14. The fourth-order valence-electron chi connectivity index (χ4n) is 8.27. The first-order valence-corrected chi connectivity index (χ1v) is 18.6. The molecule has 0 unspecified atom stereocenters. The normalized spacial score (nSPS) is 11.6. The highest BCUT2D eigenvalue weighted by atomic mass is 15.0. The van der Waals surface area contributed by atoms with Gasteiger partial charge in [-0.05, 0) is 62.1 Å². The standard InChI is InChI=1S/C51H32N4/c1-3-15-34(16-4-1)49-52-50(35-17-5-2-6-18-35)54-51(53-49)36-29-27-33(28-30-36)43-31-44-39-21-9-7-19-37(39)38-20-8-10-22-40(38)45(44)32-48(43)55-46-25-13-11-23-41(46)42-24-12-14-26-47(42)55/h1-32H. The van der Waals surface area contributed by atoms with E-state index in [0.29, 0.717) is 17.5 Å². The Morgan fingerprint density at radius 1 is 0.273 bits per heavy atom. The summed E-state index contributed by atoms with van der Waals surface area (Å²) in [5.74, 6) is 1.93. The smallest absolute Gasteiger partial charge is 0.164 e. The van der Waals surface area contributed by atoms with Crippen molar-refractivity contribution in [3.05, 3.63) is 194 Å². The van der Waals surface area contributed by atoms with Gasteiger partial charge in [-0.2, -0.15) is 0 Å². The molecule has 4 nitrogen and oxygen atoms in total. The van der Waals surface area contributed by atoms with Crippen molar-refractivity contribution in [1.29, 1.82) is 0 Å². The van der Waals surface area contributed by atoms with Crippen LogP contribution in [-0.2, 0) is 0 Å². The molecule has 0 atom stereocenters. The van der Waals surface area contributed by atoms with E-state index in [1.807, 2.05) is 60.7 Å². The molecule has 0 amide bonds. The van der Waals surface area contributed by atoms with E-state index < -0.39 is 0 Å². The van der Waals surface area contributed by atoms with Crippen LogP contribution in [0.1, 0.15) is 0 Å². The minimum absolute atomic E-state index is 0.637. The summed E-state index contributed by atoms with van der Waals surface area (Å²) >= 11 is 0. The lowest BCUT2D eigenvalue weighted by molar-refractivity contribution is 1.07. The largest absolute Gasteiger partial charge is 0.309 e. The van der Waals surface area contributed by atoms with Gasteiger partial charge in [-0.25, -0.2) is 15.0 Å². The number of aromatic nitrogens is 4. The number of hydrogen-bond acceptors (Lipinski definition) is 3. The Labute approximate surface area is 317 Å². The van der Waals surface area contributed by atoms with E-state index in [0.717, 1.165) is 33.5 Å². The summed E-state index contributed by atoms with van der Waals surface area (Å²) in [6.45, 7) is 0. The highest BCUT2D eigenvalue weighted by Gasteiger charge is 2.19. The molecule has 2 aromatic heterocycles. The van der Waals surface area contributed by atoms with E-state index in [1.54, 1.807) is 0 Å². The second-order valence-electron chi connectivity index (χ2n) is 14.0. The molecule has 0 radical (unpaired) electrons. The number of para-hydroxylation sites is 2. The molecule has 0 aliphatic carbocycles. The van der Waals surface area contributed by atoms with Crippen LogP contribution in [0.4, 0.5) is 0 Å². The fraction of sp³-hybridized carbons (Fsp3) is 0. The zero-order chi connectivity index (χ0) is 36.3. The Balaban J connectivity index is 1.16. The topological polar surface area (TPSA) is 43.6 Å². The van der Waals surface area contributed by atoms with Crippen molar-refractivity contribution in [2.24, 2.45) is 0 Å². The maximum Gasteiger partial charge on any atom is 0.164 e.